The van der Waals surface area contributed by atoms with Crippen LogP contribution in [-0.4, -0.2) is 9.55 Å². The van der Waals surface area contributed by atoms with E-state index in [0.717, 1.165) is 50.2 Å². The van der Waals surface area contributed by atoms with Gasteiger partial charge in [0.15, 0.2) is 0 Å². The Balaban J connectivity index is 0.00000469. The second kappa shape index (κ2) is 14.9. The Hall–Kier alpha value is -5.64. The summed E-state index contributed by atoms with van der Waals surface area (Å²) in [5.41, 5.74) is 17.2. The van der Waals surface area contributed by atoms with Gasteiger partial charge in [0, 0.05) is 61.3 Å². The Labute approximate surface area is 357 Å². The van der Waals surface area contributed by atoms with Crippen LogP contribution >= 0.6 is 0 Å². The van der Waals surface area contributed by atoms with E-state index in [1.165, 1.54) is 50.2 Å². The van der Waals surface area contributed by atoms with Gasteiger partial charge in [0.2, 0.25) is 0 Å². The Kier molecular flexibility index (Phi) is 10.1. The van der Waals surface area contributed by atoms with Crippen molar-refractivity contribution in [3.63, 3.8) is 0 Å². The molecule has 0 saturated carbocycles. The number of ether oxygens (including phenoxy) is 1. The van der Waals surface area contributed by atoms with Gasteiger partial charge in [-0.1, -0.05) is 114 Å². The van der Waals surface area contributed by atoms with Crippen molar-refractivity contribution in [2.24, 2.45) is 0 Å². The zero-order valence-electron chi connectivity index (χ0n) is 34.6. The van der Waals surface area contributed by atoms with Crippen molar-refractivity contribution in [2.75, 3.05) is 9.80 Å². The average molecular weight is 939 g/mol. The fraction of sp³-hybridized carbons (Fsp3) is 0.192. The van der Waals surface area contributed by atoms with Crippen LogP contribution in [0.2, 0.25) is 0 Å². The third kappa shape index (κ3) is 6.80. The summed E-state index contributed by atoms with van der Waals surface area (Å²) < 4.78 is 8.98. The maximum atomic E-state index is 6.77. The Morgan fingerprint density at radius 2 is 1.22 bits per heavy atom. The van der Waals surface area contributed by atoms with E-state index >= 15 is 0 Å². The minimum atomic E-state index is -0.0219. The van der Waals surface area contributed by atoms with Crippen molar-refractivity contribution < 1.29 is 25.8 Å². The van der Waals surface area contributed by atoms with Crippen LogP contribution in [0.15, 0.2) is 115 Å². The van der Waals surface area contributed by atoms with Crippen molar-refractivity contribution in [1.82, 2.24) is 9.55 Å². The number of hydrogen-bond acceptors (Lipinski definition) is 4. The molecule has 0 fully saturated rings. The normalized spacial score (nSPS) is 12.6. The first kappa shape index (κ1) is 39.2. The van der Waals surface area contributed by atoms with E-state index in [4.69, 9.17) is 9.72 Å². The molecule has 1 aliphatic rings. The van der Waals surface area contributed by atoms with E-state index in [1.807, 2.05) is 18.3 Å². The number of aromatic nitrogens is 2. The number of para-hydroxylation sites is 3. The summed E-state index contributed by atoms with van der Waals surface area (Å²) in [6.07, 6.45) is 1.91. The molecule has 3 heterocycles. The van der Waals surface area contributed by atoms with E-state index < -0.39 is 0 Å². The van der Waals surface area contributed by atoms with Crippen LogP contribution in [0.5, 0.6) is 11.5 Å². The van der Waals surface area contributed by atoms with Crippen molar-refractivity contribution in [3.8, 4) is 28.4 Å². The number of rotatable bonds is 6. The molecule has 294 valence electrons. The first-order valence-electron chi connectivity index (χ1n) is 19.7. The number of anilines is 4. The Morgan fingerprint density at radius 1 is 0.621 bits per heavy atom. The van der Waals surface area contributed by atoms with E-state index in [-0.39, 0.29) is 26.5 Å². The van der Waals surface area contributed by atoms with Gasteiger partial charge in [0.25, 0.3) is 0 Å². The molecule has 5 nitrogen and oxygen atoms in total. The van der Waals surface area contributed by atoms with Crippen molar-refractivity contribution in [2.45, 2.75) is 67.7 Å². The fourth-order valence-electron chi connectivity index (χ4n) is 8.84. The van der Waals surface area contributed by atoms with E-state index in [0.29, 0.717) is 11.5 Å². The molecule has 0 radical (unpaired) electrons. The molecule has 58 heavy (non-hydrogen) atoms. The van der Waals surface area contributed by atoms with Gasteiger partial charge in [-0.3, -0.25) is 0 Å². The number of benzene rings is 6. The minimum absolute atomic E-state index is 0. The van der Waals surface area contributed by atoms with Crippen LogP contribution in [-0.2, 0) is 26.5 Å². The summed E-state index contributed by atoms with van der Waals surface area (Å²) in [5.74, 6) is 2.07. The van der Waals surface area contributed by atoms with Gasteiger partial charge in [0.05, 0.1) is 0 Å². The summed E-state index contributed by atoms with van der Waals surface area (Å²) in [4.78, 5) is 9.46. The summed E-state index contributed by atoms with van der Waals surface area (Å²) in [6.45, 7) is 22.0. The van der Waals surface area contributed by atoms with Gasteiger partial charge < -0.3 is 19.1 Å². The Bertz CT molecular complexity index is 2840. The molecule has 0 amide bonds. The summed E-state index contributed by atoms with van der Waals surface area (Å²) in [6, 6.07) is 46.2. The molecule has 0 spiro atoms. The number of nitrogens with zero attached hydrogens (tertiary/aromatic N) is 4. The monoisotopic (exact) mass is 938 g/mol. The third-order valence-electron chi connectivity index (χ3n) is 11.2. The second-order valence-electron chi connectivity index (χ2n) is 16.6. The van der Waals surface area contributed by atoms with Crippen molar-refractivity contribution in [1.29, 1.82) is 0 Å². The van der Waals surface area contributed by atoms with E-state index in [2.05, 4.69) is 193 Å². The molecule has 0 atom stereocenters. The number of fused-ring (bicyclic) bond motifs is 4. The maximum Gasteiger partial charge on any atom is 0.135 e. The van der Waals surface area contributed by atoms with Crippen LogP contribution in [0.3, 0.4) is 0 Å². The zero-order valence-corrected chi connectivity index (χ0v) is 36.8. The number of aryl methyl sites for hydroxylation is 6. The van der Waals surface area contributed by atoms with Crippen LogP contribution in [0, 0.1) is 60.3 Å². The van der Waals surface area contributed by atoms with Gasteiger partial charge in [0.1, 0.15) is 5.82 Å². The number of pyridine rings is 1. The van der Waals surface area contributed by atoms with Crippen molar-refractivity contribution >= 4 is 44.6 Å². The van der Waals surface area contributed by atoms with Crippen LogP contribution < -0.4 is 14.5 Å². The molecule has 0 saturated heterocycles. The van der Waals surface area contributed by atoms with Gasteiger partial charge in [-0.15, -0.1) is 41.9 Å². The predicted octanol–water partition coefficient (Wildman–Crippen LogP) is 13.8. The van der Waals surface area contributed by atoms with Gasteiger partial charge in [-0.25, -0.2) is 4.98 Å². The van der Waals surface area contributed by atoms with E-state index in [1.54, 1.807) is 0 Å². The fourth-order valence-corrected chi connectivity index (χ4v) is 8.84. The molecular weight excluding hydrogens is 892 g/mol. The zero-order chi connectivity index (χ0) is 39.7. The molecule has 6 aromatic carbocycles. The quantitative estimate of drug-likeness (QED) is 0.156. The SMILES string of the molecule is Cc1cc(C)c(-c2ccc(Oc3[c-]c4c(cc3)c3ccccc3n4-c3cc(C(C)(C)C)ccn3)[c-]c2N2[CH-]N(c3c(C)cc(C)cc3C)c3ccccc32)c(C)c1.[Pt]. The summed E-state index contributed by atoms with van der Waals surface area (Å²) in [7, 11) is 0. The van der Waals surface area contributed by atoms with Crippen LogP contribution in [0.1, 0.15) is 59.7 Å². The minimum Gasteiger partial charge on any atom is -0.509 e. The Morgan fingerprint density at radius 3 is 1.91 bits per heavy atom. The topological polar surface area (TPSA) is 33.5 Å². The largest absolute Gasteiger partial charge is 0.509 e. The molecule has 8 aromatic rings. The molecule has 0 bridgehead atoms. The van der Waals surface area contributed by atoms with Crippen LogP contribution in [0.4, 0.5) is 22.7 Å². The van der Waals surface area contributed by atoms with Gasteiger partial charge in [-0.05, 0) is 99.4 Å². The molecule has 6 heteroatoms. The molecule has 0 N–H and O–H groups in total. The number of hydrogen-bond donors (Lipinski definition) is 0. The first-order chi connectivity index (χ1) is 27.4. The smallest absolute Gasteiger partial charge is 0.135 e. The summed E-state index contributed by atoms with van der Waals surface area (Å²) in [5, 5.41) is 2.24. The third-order valence-corrected chi connectivity index (χ3v) is 11.2. The second-order valence-corrected chi connectivity index (χ2v) is 16.6. The maximum absolute atomic E-state index is 6.77. The van der Waals surface area contributed by atoms with Gasteiger partial charge >= 0.3 is 0 Å². The first-order valence-corrected chi connectivity index (χ1v) is 19.7. The van der Waals surface area contributed by atoms with Crippen molar-refractivity contribution in [3.05, 3.63) is 173 Å². The molecule has 9 rings (SSSR count). The molecule has 2 aromatic heterocycles. The molecule has 0 aliphatic carbocycles. The van der Waals surface area contributed by atoms with E-state index in [9.17, 15) is 0 Å². The average Bonchev–Trinajstić information content (AvgIpc) is 3.70. The predicted molar refractivity (Wildman–Crippen MR) is 237 cm³/mol. The van der Waals surface area contributed by atoms with Crippen LogP contribution in [0.25, 0.3) is 38.8 Å². The van der Waals surface area contributed by atoms with Gasteiger partial charge in [-0.2, -0.15) is 12.1 Å². The molecule has 0 unspecified atom stereocenters. The molecule has 1 aliphatic heterocycles. The molecular formula is C52H47N4OPt-3. The summed E-state index contributed by atoms with van der Waals surface area (Å²) >= 11 is 0. The standard InChI is InChI=1S/C52H47N4O.Pt/c1-32-24-34(3)50(35(4)25-32)43-21-19-39(29-47(43)54-31-55(46-17-13-12-16-45(46)54)51-36(5)26-33(2)27-37(51)6)57-40-18-20-42-41-14-10-11-15-44(41)56(48(42)30-40)49-28-38(22-23-53-49)52(7,8)9;/h10-28,31H,1-9H3;/q-3;.